The van der Waals surface area contributed by atoms with E-state index in [1.807, 2.05) is 0 Å². The Balaban J connectivity index is 3.12. The Kier molecular flexibility index (Phi) is 5.07. The van der Waals surface area contributed by atoms with Crippen molar-refractivity contribution in [3.8, 4) is 0 Å². The number of ether oxygens (including phenoxy) is 2. The first-order chi connectivity index (χ1) is 5.42. The van der Waals surface area contributed by atoms with Crippen LogP contribution in [0.1, 0.15) is 0 Å². The second-order valence-corrected chi connectivity index (χ2v) is 1.84. The van der Waals surface area contributed by atoms with Gasteiger partial charge in [0, 0.05) is 0 Å². The van der Waals surface area contributed by atoms with Gasteiger partial charge in [0.15, 0.2) is 0 Å². The average molecular weight is 194 g/mol. The van der Waals surface area contributed by atoms with Crippen LogP contribution in [0.15, 0.2) is 0 Å². The summed E-state index contributed by atoms with van der Waals surface area (Å²) in [6.07, 6.45) is -7.15. The summed E-state index contributed by atoms with van der Waals surface area (Å²) in [6.45, 7) is -3.18. The van der Waals surface area contributed by atoms with Crippen molar-refractivity contribution in [2.24, 2.45) is 0 Å². The first-order valence-corrected chi connectivity index (χ1v) is 2.92. The Labute approximate surface area is 65.3 Å². The molecule has 0 amide bonds. The lowest BCUT2D eigenvalue weighted by Gasteiger charge is -2.07. The van der Waals surface area contributed by atoms with Gasteiger partial charge in [-0.2, -0.15) is 13.2 Å². The third-order valence-electron chi connectivity index (χ3n) is 0.676. The fraction of sp³-hybridized carbons (Fsp3) is 1.00. The monoisotopic (exact) mass is 194 g/mol. The molecular weight excluding hydrogens is 187 g/mol. The molecule has 0 fully saturated rings. The van der Waals surface area contributed by atoms with Crippen molar-refractivity contribution in [1.29, 1.82) is 0 Å². The highest BCUT2D eigenvalue weighted by Gasteiger charge is 2.27. The fourth-order valence-corrected chi connectivity index (χ4v) is 0.354. The molecule has 0 aromatic heterocycles. The van der Waals surface area contributed by atoms with E-state index >= 15 is 0 Å². The van der Waals surface area contributed by atoms with Crippen LogP contribution in [0, 0.1) is 0 Å². The van der Waals surface area contributed by atoms with E-state index < -0.39 is 32.6 Å². The largest absolute Gasteiger partial charge is 0.411 e. The van der Waals surface area contributed by atoms with Crippen LogP contribution in [0.3, 0.4) is 0 Å². The zero-order valence-electron chi connectivity index (χ0n) is 5.90. The minimum absolute atomic E-state index is 0.774. The Hall–Kier alpha value is -0.430. The van der Waals surface area contributed by atoms with E-state index in [9.17, 15) is 22.0 Å². The van der Waals surface area contributed by atoms with Gasteiger partial charge in [-0.3, -0.25) is 0 Å². The molecule has 0 aliphatic carbocycles. The maximum atomic E-state index is 11.3. The highest BCUT2D eigenvalue weighted by Crippen LogP contribution is 2.14. The number of rotatable bonds is 5. The second kappa shape index (κ2) is 5.26. The summed E-state index contributed by atoms with van der Waals surface area (Å²) in [5.41, 5.74) is 0. The minimum atomic E-state index is -4.45. The van der Waals surface area contributed by atoms with Crippen LogP contribution in [0.25, 0.3) is 0 Å². The van der Waals surface area contributed by atoms with Crippen molar-refractivity contribution < 1.29 is 31.4 Å². The fourth-order valence-electron chi connectivity index (χ4n) is 0.354. The van der Waals surface area contributed by atoms with Gasteiger partial charge in [-0.1, -0.05) is 0 Å². The molecule has 12 heavy (non-hydrogen) atoms. The van der Waals surface area contributed by atoms with Gasteiger partial charge < -0.3 is 9.47 Å². The molecule has 0 aromatic rings. The first-order valence-electron chi connectivity index (χ1n) is 2.92. The van der Waals surface area contributed by atoms with Crippen molar-refractivity contribution in [2.75, 3.05) is 20.0 Å². The lowest BCUT2D eigenvalue weighted by molar-refractivity contribution is -0.200. The van der Waals surface area contributed by atoms with Crippen LogP contribution >= 0.6 is 0 Å². The summed E-state index contributed by atoms with van der Waals surface area (Å²) in [5.74, 6) is 0. The van der Waals surface area contributed by atoms with Crippen LogP contribution in [-0.4, -0.2) is 32.6 Å². The maximum Gasteiger partial charge on any atom is 0.411 e. The van der Waals surface area contributed by atoms with Gasteiger partial charge in [-0.05, 0) is 0 Å². The Morgan fingerprint density at radius 3 is 2.08 bits per heavy atom. The molecule has 0 N–H and O–H groups in total. The summed E-state index contributed by atoms with van der Waals surface area (Å²) in [7, 11) is 0. The molecule has 0 saturated heterocycles. The normalized spacial score (nSPS) is 12.5. The summed E-state index contributed by atoms with van der Waals surface area (Å²) in [4.78, 5) is 0. The molecular formula is C5H7F5O2. The molecule has 0 atom stereocenters. The van der Waals surface area contributed by atoms with Crippen molar-refractivity contribution in [1.82, 2.24) is 0 Å². The van der Waals surface area contributed by atoms with E-state index in [1.54, 1.807) is 0 Å². The minimum Gasteiger partial charge on any atom is -0.350 e. The zero-order chi connectivity index (χ0) is 9.61. The van der Waals surface area contributed by atoms with E-state index in [0.717, 1.165) is 0 Å². The molecule has 0 radical (unpaired) electrons. The van der Waals surface area contributed by atoms with Gasteiger partial charge in [-0.15, -0.1) is 0 Å². The van der Waals surface area contributed by atoms with Crippen LogP contribution in [0.4, 0.5) is 22.0 Å². The van der Waals surface area contributed by atoms with Crippen molar-refractivity contribution in [2.45, 2.75) is 12.6 Å². The number of alkyl halides is 5. The number of halogens is 5. The summed E-state index contributed by atoms with van der Waals surface area (Å²) >= 11 is 0. The Morgan fingerprint density at radius 2 is 1.67 bits per heavy atom. The van der Waals surface area contributed by atoms with Gasteiger partial charge in [-0.25, -0.2) is 8.78 Å². The SMILES string of the molecule is FC(F)COCOCC(F)(F)F. The average Bonchev–Trinajstić information content (AvgIpc) is 1.83. The van der Waals surface area contributed by atoms with Crippen molar-refractivity contribution >= 4 is 0 Å². The zero-order valence-corrected chi connectivity index (χ0v) is 5.90. The highest BCUT2D eigenvalue weighted by molar-refractivity contribution is 4.43. The molecule has 0 heterocycles. The predicted octanol–water partition coefficient (Wildman–Crippen LogP) is 1.80. The predicted molar refractivity (Wildman–Crippen MR) is 28.8 cm³/mol. The Bertz CT molecular complexity index is 113. The number of hydrogen-bond donors (Lipinski definition) is 0. The molecule has 74 valence electrons. The van der Waals surface area contributed by atoms with Crippen LogP contribution in [0.2, 0.25) is 0 Å². The molecule has 2 nitrogen and oxygen atoms in total. The molecule has 7 heteroatoms. The molecule has 0 saturated carbocycles. The third-order valence-corrected chi connectivity index (χ3v) is 0.676. The van der Waals surface area contributed by atoms with Gasteiger partial charge in [0.25, 0.3) is 6.43 Å². The summed E-state index contributed by atoms with van der Waals surface area (Å²) in [5, 5.41) is 0. The molecule has 0 spiro atoms. The Morgan fingerprint density at radius 1 is 1.08 bits per heavy atom. The second-order valence-electron chi connectivity index (χ2n) is 1.84. The lowest BCUT2D eigenvalue weighted by Crippen LogP contribution is -2.19. The van der Waals surface area contributed by atoms with Crippen molar-refractivity contribution in [3.63, 3.8) is 0 Å². The molecule has 0 bridgehead atoms. The molecule has 0 rings (SSSR count). The lowest BCUT2D eigenvalue weighted by atomic mass is 10.7. The van der Waals surface area contributed by atoms with Crippen molar-refractivity contribution in [3.05, 3.63) is 0 Å². The van der Waals surface area contributed by atoms with Crippen LogP contribution in [0.5, 0.6) is 0 Å². The van der Waals surface area contributed by atoms with E-state index in [-0.39, 0.29) is 0 Å². The molecule has 0 aromatic carbocycles. The van der Waals surface area contributed by atoms with E-state index in [1.165, 1.54) is 0 Å². The van der Waals surface area contributed by atoms with Crippen LogP contribution in [-0.2, 0) is 9.47 Å². The molecule has 0 aliphatic rings. The summed E-state index contributed by atoms with van der Waals surface area (Å²) < 4.78 is 64.4. The van der Waals surface area contributed by atoms with E-state index in [4.69, 9.17) is 0 Å². The van der Waals surface area contributed by atoms with E-state index in [0.29, 0.717) is 0 Å². The van der Waals surface area contributed by atoms with Crippen LogP contribution < -0.4 is 0 Å². The standard InChI is InChI=1S/C5H7F5O2/c6-4(7)1-11-3-12-2-5(8,9)10/h4H,1-3H2. The quantitative estimate of drug-likeness (QED) is 0.377. The highest BCUT2D eigenvalue weighted by atomic mass is 19.4. The first kappa shape index (κ1) is 11.6. The topological polar surface area (TPSA) is 18.5 Å². The van der Waals surface area contributed by atoms with E-state index in [2.05, 4.69) is 9.47 Å². The number of hydrogen-bond acceptors (Lipinski definition) is 2. The molecule has 0 unspecified atom stereocenters. The van der Waals surface area contributed by atoms with Gasteiger partial charge >= 0.3 is 6.18 Å². The smallest absolute Gasteiger partial charge is 0.350 e. The molecule has 0 aliphatic heterocycles. The third kappa shape index (κ3) is 9.57. The summed E-state index contributed by atoms with van der Waals surface area (Å²) in [6, 6.07) is 0. The van der Waals surface area contributed by atoms with Gasteiger partial charge in [0.2, 0.25) is 0 Å². The van der Waals surface area contributed by atoms with Gasteiger partial charge in [0.1, 0.15) is 20.0 Å². The van der Waals surface area contributed by atoms with Gasteiger partial charge in [0.05, 0.1) is 0 Å². The maximum absolute atomic E-state index is 11.3.